The third-order valence-corrected chi connectivity index (χ3v) is 10.3. The molecular weight excluding hydrogens is 739 g/mol. The lowest BCUT2D eigenvalue weighted by Gasteiger charge is -2.18. The van der Waals surface area contributed by atoms with Crippen molar-refractivity contribution in [2.45, 2.75) is 213 Å². The second-order valence-electron chi connectivity index (χ2n) is 15.9. The van der Waals surface area contributed by atoms with E-state index in [1.54, 1.807) is 0 Å². The standard InChI is InChI=1S/C47H85O9P/c1-44(2)38-34-30-26-22-18-14-10-6-3-4-7-11-15-19-23-27-31-35-39-46(49)54-42-45(43-55-57(51,52)53)56-47(50)40-36-32-28-24-20-16-12-8-5-9-13-17-21-25-29-33-37-41-48/h5,9,12,16-17,21,24,28,44-45,48H,3-4,6-8,10-11,13-15,18-20,22-23,25-27,29-43H2,1-2H3,(H2,51,52,53)/b9-5-,16-12-,21-17-,28-24-/t45-/m1/s1. The lowest BCUT2D eigenvalue weighted by Crippen LogP contribution is -2.29. The average Bonchev–Trinajstić information content (AvgIpc) is 3.17. The van der Waals surface area contributed by atoms with Crippen molar-refractivity contribution in [3.05, 3.63) is 48.6 Å². The molecule has 0 aliphatic carbocycles. The number of ether oxygens (including phenoxy) is 2. The van der Waals surface area contributed by atoms with Gasteiger partial charge in [-0.15, -0.1) is 0 Å². The number of rotatable bonds is 42. The minimum atomic E-state index is -4.78. The molecule has 0 bridgehead atoms. The number of allylic oxidation sites excluding steroid dienone is 8. The van der Waals surface area contributed by atoms with Crippen LogP contribution in [0, 0.1) is 5.92 Å². The highest BCUT2D eigenvalue weighted by atomic mass is 31.2. The maximum atomic E-state index is 12.4. The van der Waals surface area contributed by atoms with Gasteiger partial charge in [0, 0.05) is 19.4 Å². The molecule has 0 amide bonds. The van der Waals surface area contributed by atoms with E-state index in [0.29, 0.717) is 19.3 Å². The normalized spacial score (nSPS) is 12.9. The predicted molar refractivity (Wildman–Crippen MR) is 236 cm³/mol. The van der Waals surface area contributed by atoms with Crippen molar-refractivity contribution in [1.29, 1.82) is 0 Å². The van der Waals surface area contributed by atoms with E-state index < -0.39 is 32.5 Å². The summed E-state index contributed by atoms with van der Waals surface area (Å²) < 4.78 is 26.4. The van der Waals surface area contributed by atoms with Crippen molar-refractivity contribution in [1.82, 2.24) is 0 Å². The van der Waals surface area contributed by atoms with E-state index in [1.807, 2.05) is 12.2 Å². The molecule has 57 heavy (non-hydrogen) atoms. The summed E-state index contributed by atoms with van der Waals surface area (Å²) in [6, 6.07) is 0. The number of phosphoric ester groups is 1. The third-order valence-electron chi connectivity index (χ3n) is 9.83. The molecule has 0 aliphatic rings. The number of unbranched alkanes of at least 4 members (excludes halogenated alkanes) is 21. The summed E-state index contributed by atoms with van der Waals surface area (Å²) in [4.78, 5) is 42.9. The average molecular weight is 825 g/mol. The van der Waals surface area contributed by atoms with Gasteiger partial charge in [-0.1, -0.05) is 184 Å². The Bertz CT molecular complexity index is 1080. The Balaban J connectivity index is 3.92. The van der Waals surface area contributed by atoms with E-state index in [-0.39, 0.29) is 26.1 Å². The monoisotopic (exact) mass is 825 g/mol. The minimum absolute atomic E-state index is 0.126. The number of phosphoric acid groups is 1. The first-order chi connectivity index (χ1) is 27.6. The molecule has 0 aliphatic heterocycles. The van der Waals surface area contributed by atoms with Gasteiger partial charge in [0.1, 0.15) is 6.61 Å². The van der Waals surface area contributed by atoms with Gasteiger partial charge in [0.25, 0.3) is 0 Å². The molecule has 0 aromatic heterocycles. The van der Waals surface area contributed by atoms with Crippen molar-refractivity contribution in [2.24, 2.45) is 5.92 Å². The van der Waals surface area contributed by atoms with Crippen LogP contribution < -0.4 is 0 Å². The van der Waals surface area contributed by atoms with Crippen molar-refractivity contribution >= 4 is 19.8 Å². The number of hydrogen-bond donors (Lipinski definition) is 3. The van der Waals surface area contributed by atoms with Gasteiger partial charge in [-0.3, -0.25) is 14.1 Å². The summed E-state index contributed by atoms with van der Waals surface area (Å²) in [5, 5.41) is 8.78. The van der Waals surface area contributed by atoms with Crippen LogP contribution >= 0.6 is 7.82 Å². The number of hydrogen-bond acceptors (Lipinski definition) is 7. The fourth-order valence-corrected chi connectivity index (χ4v) is 6.77. The van der Waals surface area contributed by atoms with E-state index in [4.69, 9.17) is 24.4 Å². The van der Waals surface area contributed by atoms with E-state index >= 15 is 0 Å². The van der Waals surface area contributed by atoms with E-state index in [1.165, 1.54) is 103 Å². The molecule has 0 aromatic rings. The Hall–Kier alpha value is -2.03. The van der Waals surface area contributed by atoms with Gasteiger partial charge in [-0.25, -0.2) is 4.57 Å². The number of aliphatic hydroxyl groups excluding tert-OH is 1. The lowest BCUT2D eigenvalue weighted by atomic mass is 10.0. The smallest absolute Gasteiger partial charge is 0.462 e. The fraction of sp³-hybridized carbons (Fsp3) is 0.787. The summed E-state index contributed by atoms with van der Waals surface area (Å²) in [5.41, 5.74) is 0. The van der Waals surface area contributed by atoms with Crippen LogP contribution in [-0.4, -0.2) is 52.8 Å². The predicted octanol–water partition coefficient (Wildman–Crippen LogP) is 13.1. The zero-order valence-corrected chi connectivity index (χ0v) is 37.2. The fourth-order valence-electron chi connectivity index (χ4n) is 6.41. The van der Waals surface area contributed by atoms with E-state index in [9.17, 15) is 14.2 Å². The van der Waals surface area contributed by atoms with Crippen LogP contribution in [0.25, 0.3) is 0 Å². The Labute approximate surface area is 348 Å². The zero-order chi connectivity index (χ0) is 41.9. The van der Waals surface area contributed by atoms with Crippen LogP contribution in [0.3, 0.4) is 0 Å². The number of carbonyl (C=O) groups excluding carboxylic acids is 2. The highest BCUT2D eigenvalue weighted by molar-refractivity contribution is 7.46. The number of carbonyl (C=O) groups is 2. The summed E-state index contributed by atoms with van der Waals surface area (Å²) in [6.45, 7) is 4.03. The Morgan fingerprint density at radius 2 is 0.912 bits per heavy atom. The highest BCUT2D eigenvalue weighted by Crippen LogP contribution is 2.36. The Morgan fingerprint density at radius 3 is 1.37 bits per heavy atom. The molecule has 0 saturated carbocycles. The second-order valence-corrected chi connectivity index (χ2v) is 17.2. The molecule has 0 fully saturated rings. The van der Waals surface area contributed by atoms with E-state index in [0.717, 1.165) is 63.7 Å². The first-order valence-electron chi connectivity index (χ1n) is 22.9. The molecular formula is C47H85O9P. The second kappa shape index (κ2) is 42.1. The maximum absolute atomic E-state index is 12.4. The molecule has 0 heterocycles. The number of esters is 2. The molecule has 3 N–H and O–H groups in total. The summed E-state index contributed by atoms with van der Waals surface area (Å²) in [5.74, 6) is -0.113. The van der Waals surface area contributed by atoms with Crippen molar-refractivity contribution in [2.75, 3.05) is 19.8 Å². The molecule has 0 saturated heterocycles. The van der Waals surface area contributed by atoms with Crippen LogP contribution in [-0.2, 0) is 28.2 Å². The Morgan fingerprint density at radius 1 is 0.509 bits per heavy atom. The SMILES string of the molecule is CC(C)CCCCCCCCCCCCCCCCCCCCC(=O)OC[C@H](COP(=O)(O)O)OC(=O)CCC/C=C\C/C=C\C/C=C\C/C=C\CCCCCO. The summed E-state index contributed by atoms with van der Waals surface area (Å²) in [7, 11) is -4.78. The molecule has 0 radical (unpaired) electrons. The molecule has 0 aromatic carbocycles. The summed E-state index contributed by atoms with van der Waals surface area (Å²) in [6.07, 6.45) is 48.6. The van der Waals surface area contributed by atoms with Crippen LogP contribution in [0.1, 0.15) is 206 Å². The topological polar surface area (TPSA) is 140 Å². The highest BCUT2D eigenvalue weighted by Gasteiger charge is 2.22. The van der Waals surface area contributed by atoms with Crippen molar-refractivity contribution in [3.8, 4) is 0 Å². The quantitative estimate of drug-likeness (QED) is 0.0237. The molecule has 0 rings (SSSR count). The van der Waals surface area contributed by atoms with Crippen molar-refractivity contribution in [3.63, 3.8) is 0 Å². The van der Waals surface area contributed by atoms with Crippen molar-refractivity contribution < 1.29 is 43.0 Å². The van der Waals surface area contributed by atoms with Gasteiger partial charge in [-0.2, -0.15) is 0 Å². The lowest BCUT2D eigenvalue weighted by molar-refractivity contribution is -0.161. The van der Waals surface area contributed by atoms with Gasteiger partial charge in [0.2, 0.25) is 0 Å². The van der Waals surface area contributed by atoms with Gasteiger partial charge < -0.3 is 24.4 Å². The largest absolute Gasteiger partial charge is 0.469 e. The van der Waals surface area contributed by atoms with Gasteiger partial charge in [0.05, 0.1) is 6.61 Å². The maximum Gasteiger partial charge on any atom is 0.469 e. The molecule has 332 valence electrons. The van der Waals surface area contributed by atoms with Crippen LogP contribution in [0.5, 0.6) is 0 Å². The molecule has 0 unspecified atom stereocenters. The van der Waals surface area contributed by atoms with Crippen LogP contribution in [0.4, 0.5) is 0 Å². The zero-order valence-electron chi connectivity index (χ0n) is 36.3. The molecule has 10 heteroatoms. The van der Waals surface area contributed by atoms with Gasteiger partial charge in [-0.05, 0) is 63.7 Å². The van der Waals surface area contributed by atoms with Crippen LogP contribution in [0.2, 0.25) is 0 Å². The van der Waals surface area contributed by atoms with Crippen LogP contribution in [0.15, 0.2) is 48.6 Å². The first-order valence-corrected chi connectivity index (χ1v) is 24.4. The number of aliphatic hydroxyl groups is 1. The Kier molecular flexibility index (Phi) is 40.6. The first kappa shape index (κ1) is 55.0. The summed E-state index contributed by atoms with van der Waals surface area (Å²) >= 11 is 0. The minimum Gasteiger partial charge on any atom is -0.462 e. The third kappa shape index (κ3) is 46.5. The molecule has 1 atom stereocenters. The molecule has 9 nitrogen and oxygen atoms in total. The van der Waals surface area contributed by atoms with Gasteiger partial charge >= 0.3 is 19.8 Å². The van der Waals surface area contributed by atoms with Gasteiger partial charge in [0.15, 0.2) is 6.10 Å². The molecule has 0 spiro atoms. The van der Waals surface area contributed by atoms with E-state index in [2.05, 4.69) is 54.8 Å².